The lowest BCUT2D eigenvalue weighted by molar-refractivity contribution is -0.144. The van der Waals surface area contributed by atoms with Crippen molar-refractivity contribution >= 4 is 11.8 Å². The molecular weight excluding hydrogens is 323 g/mol. The number of hydrogen-bond donors (Lipinski definition) is 1. The van der Waals surface area contributed by atoms with E-state index in [1.54, 1.807) is 17.0 Å². The highest BCUT2D eigenvalue weighted by molar-refractivity contribution is 5.85. The predicted octanol–water partition coefficient (Wildman–Crippen LogP) is 2.36. The quantitative estimate of drug-likeness (QED) is 0.859. The van der Waals surface area contributed by atoms with Crippen LogP contribution in [0, 0.1) is 17.7 Å². The van der Waals surface area contributed by atoms with Gasteiger partial charge in [-0.25, -0.2) is 4.39 Å². The molecule has 5 nitrogen and oxygen atoms in total. The first kappa shape index (κ1) is 17.7. The summed E-state index contributed by atoms with van der Waals surface area (Å²) in [4.78, 5) is 25.7. The van der Waals surface area contributed by atoms with Gasteiger partial charge in [-0.2, -0.15) is 0 Å². The van der Waals surface area contributed by atoms with Gasteiger partial charge in [-0.1, -0.05) is 31.4 Å². The van der Waals surface area contributed by atoms with Gasteiger partial charge in [0.25, 0.3) is 5.91 Å². The van der Waals surface area contributed by atoms with Gasteiger partial charge in [0.2, 0.25) is 5.91 Å². The number of rotatable bonds is 6. The number of likely N-dealkylation sites (tertiary alicyclic amines) is 1. The molecule has 0 bridgehead atoms. The molecule has 1 aliphatic carbocycles. The highest BCUT2D eigenvalue weighted by atomic mass is 19.1. The number of halogens is 1. The summed E-state index contributed by atoms with van der Waals surface area (Å²) in [5, 5.41) is 3.02. The number of carbonyl (C=O) groups is 2. The summed E-state index contributed by atoms with van der Waals surface area (Å²) in [6, 6.07) is 5.99. The third-order valence-corrected chi connectivity index (χ3v) is 5.08. The van der Waals surface area contributed by atoms with Crippen LogP contribution in [0.2, 0.25) is 0 Å². The van der Waals surface area contributed by atoms with Crippen LogP contribution in [0.1, 0.15) is 32.1 Å². The van der Waals surface area contributed by atoms with Crippen LogP contribution >= 0.6 is 0 Å². The Bertz CT molecular complexity index is 610. The molecule has 2 amide bonds. The SMILES string of the molecule is O=C(NCC1CCCCC1)C1CN(C(=O)COc2ccccc2F)C1. The van der Waals surface area contributed by atoms with E-state index in [9.17, 15) is 14.0 Å². The number of carbonyl (C=O) groups excluding carboxylic acids is 2. The van der Waals surface area contributed by atoms with Crippen molar-refractivity contribution in [1.29, 1.82) is 0 Å². The van der Waals surface area contributed by atoms with Crippen molar-refractivity contribution in [2.75, 3.05) is 26.2 Å². The minimum atomic E-state index is -0.487. The Hall–Kier alpha value is -2.11. The number of nitrogens with one attached hydrogen (secondary N) is 1. The predicted molar refractivity (Wildman–Crippen MR) is 91.5 cm³/mol. The van der Waals surface area contributed by atoms with Crippen LogP contribution in [-0.4, -0.2) is 43.0 Å². The number of benzene rings is 1. The monoisotopic (exact) mass is 348 g/mol. The summed E-state index contributed by atoms with van der Waals surface area (Å²) in [5.74, 6) is -0.146. The van der Waals surface area contributed by atoms with E-state index in [1.165, 1.54) is 44.2 Å². The van der Waals surface area contributed by atoms with E-state index in [4.69, 9.17) is 4.74 Å². The number of ether oxygens (including phenoxy) is 1. The van der Waals surface area contributed by atoms with Crippen molar-refractivity contribution in [3.8, 4) is 5.75 Å². The molecular formula is C19H25FN2O3. The van der Waals surface area contributed by atoms with E-state index in [0.29, 0.717) is 19.0 Å². The molecule has 0 unspecified atom stereocenters. The molecule has 1 heterocycles. The van der Waals surface area contributed by atoms with Crippen molar-refractivity contribution in [3.05, 3.63) is 30.1 Å². The van der Waals surface area contributed by atoms with Crippen LogP contribution in [-0.2, 0) is 9.59 Å². The fourth-order valence-corrected chi connectivity index (χ4v) is 3.42. The molecule has 1 aromatic carbocycles. The van der Waals surface area contributed by atoms with Crippen LogP contribution in [0.3, 0.4) is 0 Å². The first-order chi connectivity index (χ1) is 12.1. The Balaban J connectivity index is 1.34. The normalized spacial score (nSPS) is 18.5. The lowest BCUT2D eigenvalue weighted by Crippen LogP contribution is -2.57. The smallest absolute Gasteiger partial charge is 0.260 e. The lowest BCUT2D eigenvalue weighted by atomic mass is 9.89. The van der Waals surface area contributed by atoms with Crippen molar-refractivity contribution < 1.29 is 18.7 Å². The fourth-order valence-electron chi connectivity index (χ4n) is 3.42. The van der Waals surface area contributed by atoms with Crippen molar-refractivity contribution in [1.82, 2.24) is 10.2 Å². The van der Waals surface area contributed by atoms with Gasteiger partial charge in [-0.05, 0) is 30.9 Å². The summed E-state index contributed by atoms with van der Waals surface area (Å²) in [5.41, 5.74) is 0. The van der Waals surface area contributed by atoms with E-state index >= 15 is 0 Å². The Morgan fingerprint density at radius 1 is 1.16 bits per heavy atom. The Labute approximate surface area is 147 Å². The minimum absolute atomic E-state index is 0.0321. The molecule has 1 aromatic rings. The summed E-state index contributed by atoms with van der Waals surface area (Å²) in [7, 11) is 0. The number of hydrogen-bond acceptors (Lipinski definition) is 3. The molecule has 0 atom stereocenters. The third-order valence-electron chi connectivity index (χ3n) is 5.08. The van der Waals surface area contributed by atoms with Crippen molar-refractivity contribution in [3.63, 3.8) is 0 Å². The molecule has 3 rings (SSSR count). The first-order valence-electron chi connectivity index (χ1n) is 9.06. The second kappa shape index (κ2) is 8.32. The van der Waals surface area contributed by atoms with Gasteiger partial charge in [0.15, 0.2) is 18.2 Å². The van der Waals surface area contributed by atoms with Gasteiger partial charge in [0.1, 0.15) is 0 Å². The maximum atomic E-state index is 13.4. The molecule has 6 heteroatoms. The van der Waals surface area contributed by atoms with Gasteiger partial charge in [0, 0.05) is 19.6 Å². The molecule has 25 heavy (non-hydrogen) atoms. The van der Waals surface area contributed by atoms with Gasteiger partial charge in [-0.3, -0.25) is 9.59 Å². The number of amides is 2. The van der Waals surface area contributed by atoms with Crippen molar-refractivity contribution in [2.45, 2.75) is 32.1 Å². The molecule has 1 saturated carbocycles. The highest BCUT2D eigenvalue weighted by Crippen LogP contribution is 2.23. The molecule has 0 radical (unpaired) electrons. The fraction of sp³-hybridized carbons (Fsp3) is 0.579. The average molecular weight is 348 g/mol. The molecule has 1 N–H and O–H groups in total. The Morgan fingerprint density at radius 3 is 2.60 bits per heavy atom. The molecule has 0 aromatic heterocycles. The largest absolute Gasteiger partial charge is 0.481 e. The van der Waals surface area contributed by atoms with E-state index < -0.39 is 5.82 Å². The minimum Gasteiger partial charge on any atom is -0.481 e. The molecule has 2 fully saturated rings. The second-order valence-electron chi connectivity index (χ2n) is 6.96. The van der Waals surface area contributed by atoms with Gasteiger partial charge >= 0.3 is 0 Å². The molecule has 1 aliphatic heterocycles. The summed E-state index contributed by atoms with van der Waals surface area (Å²) in [6.07, 6.45) is 6.22. The van der Waals surface area contributed by atoms with Crippen LogP contribution in [0.15, 0.2) is 24.3 Å². The Kier molecular flexibility index (Phi) is 5.89. The molecule has 2 aliphatic rings. The molecule has 136 valence electrons. The summed E-state index contributed by atoms with van der Waals surface area (Å²) in [6.45, 7) is 1.36. The van der Waals surface area contributed by atoms with E-state index in [2.05, 4.69) is 5.32 Å². The van der Waals surface area contributed by atoms with E-state index in [0.717, 1.165) is 6.54 Å². The Morgan fingerprint density at radius 2 is 1.88 bits per heavy atom. The summed E-state index contributed by atoms with van der Waals surface area (Å²) >= 11 is 0. The van der Waals surface area contributed by atoms with E-state index in [1.807, 2.05) is 0 Å². The first-order valence-corrected chi connectivity index (χ1v) is 9.06. The zero-order chi connectivity index (χ0) is 17.6. The summed E-state index contributed by atoms with van der Waals surface area (Å²) < 4.78 is 18.7. The van der Waals surface area contributed by atoms with Crippen molar-refractivity contribution in [2.24, 2.45) is 11.8 Å². The zero-order valence-corrected chi connectivity index (χ0v) is 14.4. The maximum absolute atomic E-state index is 13.4. The van der Waals surface area contributed by atoms with Crippen LogP contribution in [0.25, 0.3) is 0 Å². The van der Waals surface area contributed by atoms with E-state index in [-0.39, 0.29) is 30.1 Å². The number of nitrogens with zero attached hydrogens (tertiary/aromatic N) is 1. The highest BCUT2D eigenvalue weighted by Gasteiger charge is 2.35. The molecule has 1 saturated heterocycles. The standard InChI is InChI=1S/C19H25FN2O3/c20-16-8-4-5-9-17(16)25-13-18(23)22-11-15(12-22)19(24)21-10-14-6-2-1-3-7-14/h4-5,8-9,14-15H,1-3,6-7,10-13H2,(H,21,24). The second-order valence-corrected chi connectivity index (χ2v) is 6.96. The van der Waals surface area contributed by atoms with Gasteiger partial charge < -0.3 is 15.0 Å². The van der Waals surface area contributed by atoms with Crippen LogP contribution in [0.5, 0.6) is 5.75 Å². The van der Waals surface area contributed by atoms with Crippen LogP contribution < -0.4 is 10.1 Å². The zero-order valence-electron chi connectivity index (χ0n) is 14.4. The van der Waals surface area contributed by atoms with Gasteiger partial charge in [0.05, 0.1) is 5.92 Å². The van der Waals surface area contributed by atoms with Gasteiger partial charge in [-0.15, -0.1) is 0 Å². The van der Waals surface area contributed by atoms with Crippen LogP contribution in [0.4, 0.5) is 4.39 Å². The topological polar surface area (TPSA) is 58.6 Å². The third kappa shape index (κ3) is 4.71. The molecule has 0 spiro atoms. The lowest BCUT2D eigenvalue weighted by Gasteiger charge is -2.38. The average Bonchev–Trinajstić information content (AvgIpc) is 2.59. The number of para-hydroxylation sites is 1. The maximum Gasteiger partial charge on any atom is 0.260 e.